The van der Waals surface area contributed by atoms with Crippen molar-refractivity contribution in [3.8, 4) is 0 Å². The molecule has 6 heteroatoms. The first-order chi connectivity index (χ1) is 10.6. The van der Waals surface area contributed by atoms with E-state index in [9.17, 15) is 13.6 Å². The van der Waals surface area contributed by atoms with Crippen LogP contribution in [0.1, 0.15) is 23.8 Å². The lowest BCUT2D eigenvalue weighted by Crippen LogP contribution is -2.34. The van der Waals surface area contributed by atoms with Crippen LogP contribution < -0.4 is 5.32 Å². The molecule has 0 saturated carbocycles. The average molecular weight is 322 g/mol. The number of nitrogens with zero attached hydrogens (tertiary/aromatic N) is 1. The van der Waals surface area contributed by atoms with E-state index in [0.717, 1.165) is 25.5 Å². The van der Waals surface area contributed by atoms with Crippen LogP contribution >= 0.6 is 11.3 Å². The van der Waals surface area contributed by atoms with Gasteiger partial charge in [0, 0.05) is 23.2 Å². The second-order valence-corrected chi connectivity index (χ2v) is 6.25. The highest BCUT2D eigenvalue weighted by molar-refractivity contribution is 7.10. The molecule has 1 N–H and O–H groups in total. The molecule has 1 saturated heterocycles. The van der Waals surface area contributed by atoms with Gasteiger partial charge in [-0.05, 0) is 36.4 Å². The predicted octanol–water partition coefficient (Wildman–Crippen LogP) is 3.80. The van der Waals surface area contributed by atoms with Gasteiger partial charge in [0.05, 0.1) is 12.6 Å². The quantitative estimate of drug-likeness (QED) is 0.928. The Balaban J connectivity index is 1.64. The van der Waals surface area contributed by atoms with E-state index in [0.29, 0.717) is 0 Å². The van der Waals surface area contributed by atoms with Crippen LogP contribution in [0.4, 0.5) is 14.5 Å². The first-order valence-electron chi connectivity index (χ1n) is 7.16. The van der Waals surface area contributed by atoms with Crippen molar-refractivity contribution in [3.05, 3.63) is 52.2 Å². The van der Waals surface area contributed by atoms with E-state index in [1.165, 1.54) is 17.0 Å². The summed E-state index contributed by atoms with van der Waals surface area (Å²) in [6.45, 7) is 0.755. The van der Waals surface area contributed by atoms with Crippen LogP contribution in [0.15, 0.2) is 35.7 Å². The number of thiophene rings is 1. The maximum atomic E-state index is 13.1. The largest absolute Gasteiger partial charge is 0.376 e. The SMILES string of the molecule is O=C(CNc1cc(F)cc(F)c1)N1CCC[C@@H]1c1cccs1. The van der Waals surface area contributed by atoms with Crippen molar-refractivity contribution in [1.82, 2.24) is 4.90 Å². The van der Waals surface area contributed by atoms with Gasteiger partial charge < -0.3 is 10.2 Å². The highest BCUT2D eigenvalue weighted by Gasteiger charge is 2.30. The number of anilines is 1. The molecule has 0 bridgehead atoms. The molecule has 3 nitrogen and oxygen atoms in total. The Labute approximate surface area is 131 Å². The van der Waals surface area contributed by atoms with Crippen molar-refractivity contribution in [2.75, 3.05) is 18.4 Å². The van der Waals surface area contributed by atoms with E-state index in [-0.39, 0.29) is 24.2 Å². The van der Waals surface area contributed by atoms with Crippen LogP contribution in [0.3, 0.4) is 0 Å². The van der Waals surface area contributed by atoms with Gasteiger partial charge >= 0.3 is 0 Å². The van der Waals surface area contributed by atoms with Crippen molar-refractivity contribution in [3.63, 3.8) is 0 Å². The second-order valence-electron chi connectivity index (χ2n) is 5.27. The van der Waals surface area contributed by atoms with Crippen LogP contribution in [0.25, 0.3) is 0 Å². The van der Waals surface area contributed by atoms with Gasteiger partial charge in [-0.1, -0.05) is 6.07 Å². The van der Waals surface area contributed by atoms with Crippen LogP contribution in [0, 0.1) is 11.6 Å². The van der Waals surface area contributed by atoms with Crippen molar-refractivity contribution < 1.29 is 13.6 Å². The van der Waals surface area contributed by atoms with E-state index >= 15 is 0 Å². The number of carbonyl (C=O) groups is 1. The number of benzene rings is 1. The summed E-state index contributed by atoms with van der Waals surface area (Å²) in [5, 5.41) is 4.81. The third-order valence-corrected chi connectivity index (χ3v) is 4.72. The van der Waals surface area contributed by atoms with Gasteiger partial charge in [0.25, 0.3) is 0 Å². The van der Waals surface area contributed by atoms with Gasteiger partial charge in [-0.15, -0.1) is 11.3 Å². The van der Waals surface area contributed by atoms with E-state index in [1.54, 1.807) is 11.3 Å². The molecule has 0 aliphatic carbocycles. The Morgan fingerprint density at radius 3 is 2.77 bits per heavy atom. The normalized spacial score (nSPS) is 17.7. The third-order valence-electron chi connectivity index (χ3n) is 3.75. The lowest BCUT2D eigenvalue weighted by atomic mass is 10.2. The fraction of sp³-hybridized carbons (Fsp3) is 0.312. The maximum Gasteiger partial charge on any atom is 0.242 e. The number of amides is 1. The van der Waals surface area contributed by atoms with Crippen LogP contribution in [0.5, 0.6) is 0 Å². The summed E-state index contributed by atoms with van der Waals surface area (Å²) in [5.41, 5.74) is 0.276. The Kier molecular flexibility index (Phi) is 4.38. The van der Waals surface area contributed by atoms with E-state index in [1.807, 2.05) is 22.4 Å². The van der Waals surface area contributed by atoms with Gasteiger partial charge in [0.2, 0.25) is 5.91 Å². The number of likely N-dealkylation sites (tertiary alicyclic amines) is 1. The molecule has 22 heavy (non-hydrogen) atoms. The summed E-state index contributed by atoms with van der Waals surface area (Å²) in [6.07, 6.45) is 1.93. The van der Waals surface area contributed by atoms with Gasteiger partial charge in [0.15, 0.2) is 0 Å². The topological polar surface area (TPSA) is 32.3 Å². The van der Waals surface area contributed by atoms with Crippen molar-refractivity contribution >= 4 is 22.9 Å². The standard InChI is InChI=1S/C16H16F2N2OS/c17-11-7-12(18)9-13(8-11)19-10-16(21)20-5-1-3-14(20)15-4-2-6-22-15/h2,4,6-9,14,19H,1,3,5,10H2/t14-/m1/s1. The molecule has 1 aliphatic heterocycles. The Morgan fingerprint density at radius 2 is 2.09 bits per heavy atom. The molecule has 0 unspecified atom stereocenters. The zero-order chi connectivity index (χ0) is 15.5. The second kappa shape index (κ2) is 6.44. The molecular weight excluding hydrogens is 306 g/mol. The molecule has 0 spiro atoms. The van der Waals surface area contributed by atoms with Crippen LogP contribution in [0.2, 0.25) is 0 Å². The monoisotopic (exact) mass is 322 g/mol. The van der Waals surface area contributed by atoms with Gasteiger partial charge in [-0.25, -0.2) is 8.78 Å². The molecule has 0 radical (unpaired) electrons. The molecule has 3 rings (SSSR count). The fourth-order valence-electron chi connectivity index (χ4n) is 2.78. The number of halogens is 2. The fourth-order valence-corrected chi connectivity index (χ4v) is 3.65. The lowest BCUT2D eigenvalue weighted by molar-refractivity contribution is -0.130. The molecule has 1 atom stereocenters. The third kappa shape index (κ3) is 3.27. The number of hydrogen-bond donors (Lipinski definition) is 1. The summed E-state index contributed by atoms with van der Waals surface area (Å²) in [6, 6.07) is 7.30. The first kappa shape index (κ1) is 15.0. The maximum absolute atomic E-state index is 13.1. The summed E-state index contributed by atoms with van der Waals surface area (Å²) >= 11 is 1.65. The number of carbonyl (C=O) groups excluding carboxylic acids is 1. The highest BCUT2D eigenvalue weighted by atomic mass is 32.1. The molecule has 2 heterocycles. The zero-order valence-corrected chi connectivity index (χ0v) is 12.7. The molecule has 1 fully saturated rings. The average Bonchev–Trinajstić information content (AvgIpc) is 3.13. The van der Waals surface area contributed by atoms with E-state index < -0.39 is 11.6 Å². The number of hydrogen-bond acceptors (Lipinski definition) is 3. The molecule has 116 valence electrons. The summed E-state index contributed by atoms with van der Waals surface area (Å²) < 4.78 is 26.3. The van der Waals surface area contributed by atoms with Crippen molar-refractivity contribution in [2.45, 2.75) is 18.9 Å². The summed E-state index contributed by atoms with van der Waals surface area (Å²) in [4.78, 5) is 15.4. The van der Waals surface area contributed by atoms with Gasteiger partial charge in [-0.2, -0.15) is 0 Å². The minimum Gasteiger partial charge on any atom is -0.376 e. The van der Waals surface area contributed by atoms with Gasteiger partial charge in [0.1, 0.15) is 11.6 Å². The van der Waals surface area contributed by atoms with E-state index in [4.69, 9.17) is 0 Å². The Bertz CT molecular complexity index is 640. The minimum absolute atomic E-state index is 0.0325. The number of nitrogens with one attached hydrogen (secondary N) is 1. The zero-order valence-electron chi connectivity index (χ0n) is 11.9. The smallest absolute Gasteiger partial charge is 0.242 e. The molecule has 1 aromatic carbocycles. The molecule has 2 aromatic rings. The molecule has 1 aromatic heterocycles. The lowest BCUT2D eigenvalue weighted by Gasteiger charge is -2.24. The minimum atomic E-state index is -0.660. The molecule has 1 aliphatic rings. The highest BCUT2D eigenvalue weighted by Crippen LogP contribution is 2.34. The molecule has 1 amide bonds. The van der Waals surface area contributed by atoms with Crippen molar-refractivity contribution in [2.24, 2.45) is 0 Å². The van der Waals surface area contributed by atoms with Crippen LogP contribution in [-0.4, -0.2) is 23.9 Å². The van der Waals surface area contributed by atoms with Crippen molar-refractivity contribution in [1.29, 1.82) is 0 Å². The Morgan fingerprint density at radius 1 is 1.32 bits per heavy atom. The first-order valence-corrected chi connectivity index (χ1v) is 8.04. The molecular formula is C16H16F2N2OS. The predicted molar refractivity (Wildman–Crippen MR) is 82.9 cm³/mol. The Hall–Kier alpha value is -1.95. The number of rotatable bonds is 4. The van der Waals surface area contributed by atoms with Crippen LogP contribution in [-0.2, 0) is 4.79 Å². The van der Waals surface area contributed by atoms with Gasteiger partial charge in [-0.3, -0.25) is 4.79 Å². The van der Waals surface area contributed by atoms with E-state index in [2.05, 4.69) is 5.32 Å². The summed E-state index contributed by atoms with van der Waals surface area (Å²) in [5.74, 6) is -1.37. The summed E-state index contributed by atoms with van der Waals surface area (Å²) in [7, 11) is 0.